The molecular formula is C25H26ClN3O3. The Morgan fingerprint density at radius 3 is 2.25 bits per heavy atom. The molecule has 0 atom stereocenters. The van der Waals surface area contributed by atoms with Gasteiger partial charge in [-0.3, -0.25) is 14.4 Å². The number of nitrogens with zero attached hydrogens (tertiary/aromatic N) is 2. The number of halogens is 1. The minimum Gasteiger partial charge on any atom is -0.350 e. The van der Waals surface area contributed by atoms with Crippen molar-refractivity contribution in [1.82, 2.24) is 4.90 Å². The molecule has 0 bridgehead atoms. The molecule has 2 aromatic carbocycles. The molecule has 0 unspecified atom stereocenters. The molecule has 1 fully saturated rings. The van der Waals surface area contributed by atoms with Crippen molar-refractivity contribution in [3.63, 3.8) is 0 Å². The van der Waals surface area contributed by atoms with E-state index in [4.69, 9.17) is 11.6 Å². The Kier molecular flexibility index (Phi) is 6.07. The molecule has 3 amide bonds. The van der Waals surface area contributed by atoms with Gasteiger partial charge in [-0.25, -0.2) is 4.90 Å². The lowest BCUT2D eigenvalue weighted by Gasteiger charge is -2.30. The first-order chi connectivity index (χ1) is 15.3. The van der Waals surface area contributed by atoms with Gasteiger partial charge in [0, 0.05) is 24.3 Å². The number of rotatable bonds is 4. The van der Waals surface area contributed by atoms with Crippen molar-refractivity contribution in [3.05, 3.63) is 69.9 Å². The largest absolute Gasteiger partial charge is 0.350 e. The zero-order chi connectivity index (χ0) is 23.0. The maximum Gasteiger partial charge on any atom is 0.283 e. The second-order valence-electron chi connectivity index (χ2n) is 8.58. The van der Waals surface area contributed by atoms with Crippen molar-refractivity contribution in [3.8, 4) is 0 Å². The molecule has 0 radical (unpaired) electrons. The molecule has 0 aliphatic carbocycles. The van der Waals surface area contributed by atoms with E-state index >= 15 is 0 Å². The number of hydrogen-bond donors (Lipinski definition) is 1. The molecule has 0 spiro atoms. The number of amides is 3. The van der Waals surface area contributed by atoms with Gasteiger partial charge in [0.05, 0.1) is 5.69 Å². The van der Waals surface area contributed by atoms with Gasteiger partial charge in [0.1, 0.15) is 10.7 Å². The molecule has 0 aromatic heterocycles. The molecule has 32 heavy (non-hydrogen) atoms. The van der Waals surface area contributed by atoms with Crippen LogP contribution in [-0.2, 0) is 9.59 Å². The van der Waals surface area contributed by atoms with Crippen molar-refractivity contribution in [2.75, 3.05) is 23.3 Å². The summed E-state index contributed by atoms with van der Waals surface area (Å²) in [6.45, 7) is 7.63. The average molecular weight is 452 g/mol. The average Bonchev–Trinajstić information content (AvgIpc) is 2.99. The monoisotopic (exact) mass is 451 g/mol. The number of piperidine rings is 1. The first-order valence-corrected chi connectivity index (χ1v) is 11.2. The molecular weight excluding hydrogens is 426 g/mol. The molecule has 6 nitrogen and oxygen atoms in total. The molecule has 1 N–H and O–H groups in total. The van der Waals surface area contributed by atoms with E-state index in [9.17, 15) is 14.4 Å². The Labute approximate surface area is 192 Å². The van der Waals surface area contributed by atoms with Crippen LogP contribution in [0.25, 0.3) is 0 Å². The highest BCUT2D eigenvalue weighted by atomic mass is 35.5. The Bertz CT molecular complexity index is 1120. The number of anilines is 2. The summed E-state index contributed by atoms with van der Waals surface area (Å²) in [6, 6.07) is 12.3. The van der Waals surface area contributed by atoms with Gasteiger partial charge in [-0.1, -0.05) is 24.6 Å². The second-order valence-corrected chi connectivity index (χ2v) is 8.96. The number of imide groups is 1. The fourth-order valence-corrected chi connectivity index (χ4v) is 4.16. The smallest absolute Gasteiger partial charge is 0.283 e. The fraction of sp³-hybridized carbons (Fsp3) is 0.320. The summed E-state index contributed by atoms with van der Waals surface area (Å²) < 4.78 is 0. The summed E-state index contributed by atoms with van der Waals surface area (Å²) >= 11 is 6.23. The van der Waals surface area contributed by atoms with Gasteiger partial charge in [-0.2, -0.15) is 0 Å². The predicted octanol–water partition coefficient (Wildman–Crippen LogP) is 4.61. The number of carbonyl (C=O) groups is 3. The van der Waals surface area contributed by atoms with Crippen LogP contribution in [-0.4, -0.2) is 35.7 Å². The number of benzene rings is 2. The van der Waals surface area contributed by atoms with Crippen LogP contribution in [0.3, 0.4) is 0 Å². The third kappa shape index (κ3) is 4.15. The lowest BCUT2D eigenvalue weighted by atomic mass is 9.98. The molecule has 2 aliphatic rings. The van der Waals surface area contributed by atoms with E-state index in [-0.39, 0.29) is 16.6 Å². The number of likely N-dealkylation sites (tertiary alicyclic amines) is 1. The molecule has 2 aliphatic heterocycles. The van der Waals surface area contributed by atoms with Gasteiger partial charge in [-0.05, 0) is 80.1 Å². The molecule has 1 saturated heterocycles. The fourth-order valence-electron chi connectivity index (χ4n) is 3.95. The maximum atomic E-state index is 13.0. The van der Waals surface area contributed by atoms with E-state index in [0.29, 0.717) is 22.9 Å². The van der Waals surface area contributed by atoms with E-state index in [1.54, 1.807) is 36.4 Å². The molecule has 4 rings (SSSR count). The minimum atomic E-state index is -0.562. The predicted molar refractivity (Wildman–Crippen MR) is 126 cm³/mol. The molecule has 7 heteroatoms. The van der Waals surface area contributed by atoms with Crippen LogP contribution in [0.15, 0.2) is 53.2 Å². The number of hydrogen-bond acceptors (Lipinski definition) is 4. The van der Waals surface area contributed by atoms with E-state index in [1.165, 1.54) is 0 Å². The van der Waals surface area contributed by atoms with Crippen molar-refractivity contribution < 1.29 is 14.4 Å². The van der Waals surface area contributed by atoms with Crippen LogP contribution >= 0.6 is 11.6 Å². The van der Waals surface area contributed by atoms with Crippen LogP contribution in [0.5, 0.6) is 0 Å². The molecule has 166 valence electrons. The lowest BCUT2D eigenvalue weighted by molar-refractivity contribution is -0.120. The van der Waals surface area contributed by atoms with Gasteiger partial charge >= 0.3 is 0 Å². The van der Waals surface area contributed by atoms with E-state index in [0.717, 1.165) is 42.0 Å². The quantitative estimate of drug-likeness (QED) is 0.689. The van der Waals surface area contributed by atoms with E-state index in [1.807, 2.05) is 24.8 Å². The van der Waals surface area contributed by atoms with Gasteiger partial charge in [0.15, 0.2) is 0 Å². The summed E-state index contributed by atoms with van der Waals surface area (Å²) in [4.78, 5) is 41.3. The minimum absolute atomic E-state index is 0.00809. The number of carbonyl (C=O) groups excluding carboxylic acids is 3. The third-order valence-corrected chi connectivity index (χ3v) is 6.60. The van der Waals surface area contributed by atoms with Crippen LogP contribution < -0.4 is 10.2 Å². The second kappa shape index (κ2) is 8.79. The van der Waals surface area contributed by atoms with Crippen LogP contribution in [0.2, 0.25) is 0 Å². The zero-order valence-electron chi connectivity index (χ0n) is 18.4. The van der Waals surface area contributed by atoms with Gasteiger partial charge in [0.2, 0.25) is 0 Å². The summed E-state index contributed by atoms with van der Waals surface area (Å²) in [7, 11) is 0. The SMILES string of the molecule is Cc1ccc(N2C(=O)C(Cl)=C(Nc3ccc(C(=O)N4CCC(C)CC4)cc3)C2=O)cc1C. The Morgan fingerprint density at radius 2 is 1.62 bits per heavy atom. The maximum absolute atomic E-state index is 13.0. The first-order valence-electron chi connectivity index (χ1n) is 10.8. The van der Waals surface area contributed by atoms with E-state index < -0.39 is 11.8 Å². The lowest BCUT2D eigenvalue weighted by Crippen LogP contribution is -2.37. The summed E-state index contributed by atoms with van der Waals surface area (Å²) in [5.41, 5.74) is 3.72. The molecule has 2 aromatic rings. The van der Waals surface area contributed by atoms with E-state index in [2.05, 4.69) is 12.2 Å². The van der Waals surface area contributed by atoms with Crippen LogP contribution in [0.1, 0.15) is 41.3 Å². The van der Waals surface area contributed by atoms with Crippen molar-refractivity contribution in [2.45, 2.75) is 33.6 Å². The van der Waals surface area contributed by atoms with Gasteiger partial charge < -0.3 is 10.2 Å². The Balaban J connectivity index is 1.48. The standard InChI is InChI=1S/C25H26ClN3O3/c1-15-10-12-28(13-11-15)23(30)18-5-7-19(8-6-18)27-22-21(26)24(31)29(25(22)32)20-9-4-16(2)17(3)14-20/h4-9,14-15,27H,10-13H2,1-3H3. The van der Waals surface area contributed by atoms with Crippen LogP contribution in [0.4, 0.5) is 11.4 Å². The molecule has 2 heterocycles. The zero-order valence-corrected chi connectivity index (χ0v) is 19.2. The van der Waals surface area contributed by atoms with Gasteiger partial charge in [-0.15, -0.1) is 0 Å². The first kappa shape index (κ1) is 22.1. The Hall–Kier alpha value is -3.12. The van der Waals surface area contributed by atoms with Gasteiger partial charge in [0.25, 0.3) is 17.7 Å². The number of aryl methyl sites for hydroxylation is 2. The normalized spacial score (nSPS) is 17.4. The highest BCUT2D eigenvalue weighted by Gasteiger charge is 2.39. The molecule has 0 saturated carbocycles. The summed E-state index contributed by atoms with van der Waals surface area (Å²) in [5, 5.41) is 2.80. The Morgan fingerprint density at radius 1 is 0.969 bits per heavy atom. The highest BCUT2D eigenvalue weighted by molar-refractivity contribution is 6.53. The summed E-state index contributed by atoms with van der Waals surface area (Å²) in [5.74, 6) is -0.410. The van der Waals surface area contributed by atoms with Crippen molar-refractivity contribution in [2.24, 2.45) is 5.92 Å². The third-order valence-electron chi connectivity index (χ3n) is 6.25. The summed E-state index contributed by atoms with van der Waals surface area (Å²) in [6.07, 6.45) is 2.04. The van der Waals surface area contributed by atoms with Crippen LogP contribution in [0, 0.1) is 19.8 Å². The number of nitrogens with one attached hydrogen (secondary N) is 1. The van der Waals surface area contributed by atoms with Crippen molar-refractivity contribution in [1.29, 1.82) is 0 Å². The highest BCUT2D eigenvalue weighted by Crippen LogP contribution is 2.31. The van der Waals surface area contributed by atoms with Crippen molar-refractivity contribution >= 4 is 40.7 Å². The topological polar surface area (TPSA) is 69.7 Å².